The molecule has 23 heavy (non-hydrogen) atoms. The van der Waals surface area contributed by atoms with E-state index in [2.05, 4.69) is 4.74 Å². The lowest BCUT2D eigenvalue weighted by Gasteiger charge is -2.14. The Morgan fingerprint density at radius 2 is 1.83 bits per heavy atom. The maximum atomic E-state index is 13.6. The second kappa shape index (κ2) is 7.99. The number of ether oxygens (including phenoxy) is 1. The molecule has 0 unspecified atom stereocenters. The summed E-state index contributed by atoms with van der Waals surface area (Å²) in [4.78, 5) is 35.1. The molecule has 0 saturated heterocycles. The minimum Gasteiger partial charge on any atom is -0.460 e. The summed E-state index contributed by atoms with van der Waals surface area (Å²) in [5.74, 6) is -2.29. The van der Waals surface area contributed by atoms with Crippen LogP contribution < -0.4 is 0 Å². The fourth-order valence-corrected chi connectivity index (χ4v) is 2.14. The van der Waals surface area contributed by atoms with Gasteiger partial charge in [-0.1, -0.05) is 11.6 Å². The molecule has 0 aromatic heterocycles. The highest BCUT2D eigenvalue weighted by atomic mass is 19.1. The number of hydrogen-bond donors (Lipinski definition) is 0. The zero-order valence-electron chi connectivity index (χ0n) is 14.1. The Morgan fingerprint density at radius 1 is 1.17 bits per heavy atom. The minimum atomic E-state index is -1.28. The summed E-state index contributed by atoms with van der Waals surface area (Å²) in [5.41, 5.74) is 0.761. The number of alkyl halides is 1. The van der Waals surface area contributed by atoms with E-state index in [1.165, 1.54) is 13.8 Å². The van der Waals surface area contributed by atoms with Crippen LogP contribution >= 0.6 is 0 Å². The lowest BCUT2D eigenvalue weighted by Crippen LogP contribution is -2.20. The summed E-state index contributed by atoms with van der Waals surface area (Å²) in [6.07, 6.45) is 0.319. The van der Waals surface area contributed by atoms with Crippen LogP contribution in [-0.4, -0.2) is 29.8 Å². The van der Waals surface area contributed by atoms with Crippen LogP contribution in [0.3, 0.4) is 0 Å². The van der Waals surface area contributed by atoms with Gasteiger partial charge in [-0.15, -0.1) is 0 Å². The molecule has 0 heterocycles. The number of hydrogen-bond acceptors (Lipinski definition) is 4. The highest BCUT2D eigenvalue weighted by Crippen LogP contribution is 2.20. The van der Waals surface area contributed by atoms with Gasteiger partial charge in [-0.3, -0.25) is 9.59 Å². The Bertz CT molecular complexity index is 600. The lowest BCUT2D eigenvalue weighted by molar-refractivity contribution is -0.153. The third-order valence-corrected chi connectivity index (χ3v) is 3.29. The molecule has 0 aliphatic heterocycles. The maximum absolute atomic E-state index is 13.6. The van der Waals surface area contributed by atoms with Crippen molar-refractivity contribution >= 4 is 17.5 Å². The van der Waals surface area contributed by atoms with E-state index in [0.717, 1.165) is 11.1 Å². The van der Waals surface area contributed by atoms with E-state index in [9.17, 15) is 18.8 Å². The van der Waals surface area contributed by atoms with Crippen LogP contribution in [-0.2, 0) is 20.7 Å². The van der Waals surface area contributed by atoms with Crippen molar-refractivity contribution in [2.24, 2.45) is 0 Å². The minimum absolute atomic E-state index is 0.0897. The quantitative estimate of drug-likeness (QED) is 0.319. The van der Waals surface area contributed by atoms with Gasteiger partial charge in [0, 0.05) is 5.56 Å². The van der Waals surface area contributed by atoms with Gasteiger partial charge in [0.05, 0.1) is 13.0 Å². The predicted molar refractivity (Wildman–Crippen MR) is 85.3 cm³/mol. The van der Waals surface area contributed by atoms with Crippen molar-refractivity contribution in [2.45, 2.75) is 52.6 Å². The first-order valence-electron chi connectivity index (χ1n) is 7.65. The summed E-state index contributed by atoms with van der Waals surface area (Å²) in [6, 6.07) is 5.19. The Balaban J connectivity index is 2.83. The van der Waals surface area contributed by atoms with Crippen molar-refractivity contribution in [3.63, 3.8) is 0 Å². The number of ketones is 2. The van der Waals surface area contributed by atoms with Crippen molar-refractivity contribution < 1.29 is 23.5 Å². The molecule has 0 amide bonds. The largest absolute Gasteiger partial charge is 0.460 e. The number of esters is 1. The van der Waals surface area contributed by atoms with E-state index in [0.29, 0.717) is 18.4 Å². The average Bonchev–Trinajstić information content (AvgIpc) is 2.44. The molecule has 0 N–H and O–H groups in total. The van der Waals surface area contributed by atoms with Crippen molar-refractivity contribution in [3.8, 4) is 0 Å². The molecule has 0 saturated carbocycles. The van der Waals surface area contributed by atoms with Gasteiger partial charge in [-0.25, -0.2) is 9.18 Å². The smallest absolute Gasteiger partial charge is 0.375 e. The zero-order valence-corrected chi connectivity index (χ0v) is 14.1. The van der Waals surface area contributed by atoms with Gasteiger partial charge in [-0.2, -0.15) is 0 Å². The fraction of sp³-hybridized carbons (Fsp3) is 0.500. The van der Waals surface area contributed by atoms with Gasteiger partial charge in [0.2, 0.25) is 5.78 Å². The molecular formula is C18H23FO4. The summed E-state index contributed by atoms with van der Waals surface area (Å²) in [5, 5.41) is 0. The van der Waals surface area contributed by atoms with Crippen molar-refractivity contribution in [3.05, 3.63) is 34.9 Å². The first kappa shape index (κ1) is 19.0. The Morgan fingerprint density at radius 3 is 2.39 bits per heavy atom. The number of carbonyl (C=O) groups excluding carboxylic acids is 3. The predicted octanol–water partition coefficient (Wildman–Crippen LogP) is 3.38. The van der Waals surface area contributed by atoms with E-state index >= 15 is 0 Å². The van der Waals surface area contributed by atoms with Crippen LogP contribution in [0.2, 0.25) is 0 Å². The summed E-state index contributed by atoms with van der Waals surface area (Å²) < 4.78 is 18.2. The van der Waals surface area contributed by atoms with Crippen LogP contribution in [0.5, 0.6) is 0 Å². The van der Waals surface area contributed by atoms with Gasteiger partial charge in [0.25, 0.3) is 0 Å². The van der Waals surface area contributed by atoms with Crippen LogP contribution in [0.1, 0.15) is 55.1 Å². The number of halogens is 1. The van der Waals surface area contributed by atoms with Crippen molar-refractivity contribution in [2.75, 3.05) is 6.61 Å². The molecule has 0 aliphatic carbocycles. The fourth-order valence-electron chi connectivity index (χ4n) is 2.14. The second-order valence-electron chi connectivity index (χ2n) is 6.17. The highest BCUT2D eigenvalue weighted by Gasteiger charge is 2.21. The first-order chi connectivity index (χ1) is 10.6. The maximum Gasteiger partial charge on any atom is 0.375 e. The molecule has 0 fully saturated rings. The van der Waals surface area contributed by atoms with E-state index in [1.54, 1.807) is 19.1 Å². The number of aryl methyl sites for hydroxylation is 2. The second-order valence-corrected chi connectivity index (χ2v) is 6.17. The topological polar surface area (TPSA) is 60.4 Å². The Kier molecular flexibility index (Phi) is 6.61. The summed E-state index contributed by atoms with van der Waals surface area (Å²) in [6.45, 7) is 6.52. The summed E-state index contributed by atoms with van der Waals surface area (Å²) >= 11 is 0. The van der Waals surface area contributed by atoms with Gasteiger partial charge < -0.3 is 4.74 Å². The van der Waals surface area contributed by atoms with Gasteiger partial charge in [0.1, 0.15) is 5.67 Å². The number of rotatable bonds is 8. The average molecular weight is 322 g/mol. The molecule has 0 radical (unpaired) electrons. The Hall–Kier alpha value is -2.04. The van der Waals surface area contributed by atoms with E-state index in [1.807, 2.05) is 13.0 Å². The molecule has 126 valence electrons. The van der Waals surface area contributed by atoms with Crippen LogP contribution in [0.4, 0.5) is 4.39 Å². The SMILES string of the molecule is CCOC(=O)C(=O)CC(=O)c1cc(C)cc(CCC(C)(C)F)c1. The van der Waals surface area contributed by atoms with Crippen LogP contribution in [0, 0.1) is 6.92 Å². The molecule has 0 aliphatic rings. The number of benzene rings is 1. The third-order valence-electron chi connectivity index (χ3n) is 3.29. The van der Waals surface area contributed by atoms with Crippen molar-refractivity contribution in [1.82, 2.24) is 0 Å². The molecule has 0 bridgehead atoms. The molecular weight excluding hydrogens is 299 g/mol. The molecule has 1 aromatic rings. The van der Waals surface area contributed by atoms with E-state index < -0.39 is 29.6 Å². The Labute approximate surface area is 136 Å². The van der Waals surface area contributed by atoms with Gasteiger partial charge in [0.15, 0.2) is 5.78 Å². The van der Waals surface area contributed by atoms with E-state index in [4.69, 9.17) is 0 Å². The highest BCUT2D eigenvalue weighted by molar-refractivity contribution is 6.38. The molecule has 1 rings (SSSR count). The van der Waals surface area contributed by atoms with Crippen LogP contribution in [0.15, 0.2) is 18.2 Å². The summed E-state index contributed by atoms with van der Waals surface area (Å²) in [7, 11) is 0. The lowest BCUT2D eigenvalue weighted by atomic mass is 9.95. The molecule has 0 atom stereocenters. The monoisotopic (exact) mass is 322 g/mol. The van der Waals surface area contributed by atoms with Gasteiger partial charge in [-0.05, 0) is 58.2 Å². The number of carbonyl (C=O) groups is 3. The standard InChI is InChI=1S/C18H23FO4/c1-5-23-17(22)16(21)11-15(20)14-9-12(2)8-13(10-14)6-7-18(3,4)19/h8-10H,5-7,11H2,1-4H3. The first-order valence-corrected chi connectivity index (χ1v) is 7.65. The third kappa shape index (κ3) is 6.72. The number of Topliss-reactive ketones (excluding diaryl/α,β-unsaturated/α-hetero) is 2. The van der Waals surface area contributed by atoms with E-state index in [-0.39, 0.29) is 6.61 Å². The normalized spacial score (nSPS) is 11.2. The zero-order chi connectivity index (χ0) is 17.6. The molecule has 4 nitrogen and oxygen atoms in total. The molecule has 0 spiro atoms. The van der Waals surface area contributed by atoms with Crippen molar-refractivity contribution in [1.29, 1.82) is 0 Å². The molecule has 5 heteroatoms. The van der Waals surface area contributed by atoms with Gasteiger partial charge >= 0.3 is 5.97 Å². The van der Waals surface area contributed by atoms with Crippen LogP contribution in [0.25, 0.3) is 0 Å². The molecule has 1 aromatic carbocycles.